The molecule has 0 radical (unpaired) electrons. The molecule has 1 fully saturated rings. The highest BCUT2D eigenvalue weighted by Crippen LogP contribution is 2.20. The first-order valence-corrected chi connectivity index (χ1v) is 6.53. The van der Waals surface area contributed by atoms with Crippen molar-refractivity contribution in [1.29, 1.82) is 0 Å². The Bertz CT molecular complexity index is 379. The average molecular weight is 254 g/mol. The van der Waals surface area contributed by atoms with Crippen LogP contribution < -0.4 is 5.43 Å². The minimum atomic E-state index is -0.522. The Hall–Kier alpha value is -1.00. The van der Waals surface area contributed by atoms with Gasteiger partial charge in [-0.2, -0.15) is 0 Å². The molecule has 1 N–H and O–H groups in total. The fourth-order valence-electron chi connectivity index (χ4n) is 2.63. The number of nitrogens with zero attached hydrogens (tertiary/aromatic N) is 1. The van der Waals surface area contributed by atoms with E-state index in [4.69, 9.17) is 0 Å². The molecule has 1 saturated heterocycles. The molecule has 0 amide bonds. The second kappa shape index (κ2) is 5.76. The summed E-state index contributed by atoms with van der Waals surface area (Å²) in [5, 5.41) is 2.20. The number of halogens is 2. The summed E-state index contributed by atoms with van der Waals surface area (Å²) in [7, 11) is 0. The number of hydrogen-bond acceptors (Lipinski definition) is 2. The number of piperidine rings is 1. The molecule has 18 heavy (non-hydrogen) atoms. The Morgan fingerprint density at radius 2 is 1.67 bits per heavy atom. The van der Waals surface area contributed by atoms with Gasteiger partial charge in [0.15, 0.2) is 0 Å². The minimum Gasteiger partial charge on any atom is -0.250 e. The second-order valence-corrected chi connectivity index (χ2v) is 5.15. The monoisotopic (exact) mass is 254 g/mol. The summed E-state index contributed by atoms with van der Waals surface area (Å²) < 4.78 is 26.1. The maximum absolute atomic E-state index is 13.1. The topological polar surface area (TPSA) is 15.3 Å². The molecule has 2 atom stereocenters. The van der Waals surface area contributed by atoms with Gasteiger partial charge in [0.1, 0.15) is 11.6 Å². The third-order valence-corrected chi connectivity index (χ3v) is 3.58. The van der Waals surface area contributed by atoms with Crippen LogP contribution in [0.25, 0.3) is 0 Å². The summed E-state index contributed by atoms with van der Waals surface area (Å²) in [6, 6.07) is 4.57. The van der Waals surface area contributed by atoms with Crippen molar-refractivity contribution in [2.75, 3.05) is 0 Å². The average Bonchev–Trinajstić information content (AvgIpc) is 2.27. The number of nitrogens with one attached hydrogen (secondary N) is 1. The van der Waals surface area contributed by atoms with Gasteiger partial charge in [0.05, 0.1) is 0 Å². The third kappa shape index (κ3) is 3.27. The molecule has 0 saturated carbocycles. The predicted molar refractivity (Wildman–Crippen MR) is 67.8 cm³/mol. The Labute approximate surface area is 107 Å². The van der Waals surface area contributed by atoms with E-state index in [-0.39, 0.29) is 0 Å². The van der Waals surface area contributed by atoms with Crippen molar-refractivity contribution < 1.29 is 8.78 Å². The van der Waals surface area contributed by atoms with Crippen molar-refractivity contribution in [3.63, 3.8) is 0 Å². The summed E-state index contributed by atoms with van der Waals surface area (Å²) >= 11 is 0. The van der Waals surface area contributed by atoms with Crippen LogP contribution in [0.1, 0.15) is 38.7 Å². The first kappa shape index (κ1) is 13.4. The zero-order valence-corrected chi connectivity index (χ0v) is 10.9. The van der Waals surface area contributed by atoms with Crippen LogP contribution in [0.5, 0.6) is 0 Å². The zero-order valence-electron chi connectivity index (χ0n) is 10.9. The number of hydrogen-bond donors (Lipinski definition) is 1. The van der Waals surface area contributed by atoms with Gasteiger partial charge < -0.3 is 0 Å². The molecule has 1 aromatic rings. The van der Waals surface area contributed by atoms with E-state index < -0.39 is 11.6 Å². The lowest BCUT2D eigenvalue weighted by Gasteiger charge is -2.39. The summed E-state index contributed by atoms with van der Waals surface area (Å²) in [6.07, 6.45) is 3.57. The van der Waals surface area contributed by atoms with Gasteiger partial charge in [0.25, 0.3) is 0 Å². The molecule has 0 spiro atoms. The van der Waals surface area contributed by atoms with Crippen LogP contribution in [0, 0.1) is 11.6 Å². The Morgan fingerprint density at radius 3 is 2.22 bits per heavy atom. The van der Waals surface area contributed by atoms with Crippen molar-refractivity contribution in [2.24, 2.45) is 0 Å². The Balaban J connectivity index is 1.97. The van der Waals surface area contributed by atoms with Crippen molar-refractivity contribution in [3.05, 3.63) is 35.4 Å². The molecular formula is C14H20F2N2. The molecule has 1 aromatic carbocycles. The Morgan fingerprint density at radius 1 is 1.11 bits per heavy atom. The summed E-state index contributed by atoms with van der Waals surface area (Å²) in [6.45, 7) is 4.81. The first-order valence-electron chi connectivity index (χ1n) is 6.53. The largest absolute Gasteiger partial charge is 0.250 e. The van der Waals surface area contributed by atoms with E-state index in [9.17, 15) is 8.78 Å². The molecule has 0 aliphatic carbocycles. The summed E-state index contributed by atoms with van der Waals surface area (Å²) in [5.41, 5.74) is 3.93. The van der Waals surface area contributed by atoms with Gasteiger partial charge in [-0.05, 0) is 44.4 Å². The number of benzene rings is 1. The molecule has 1 heterocycles. The lowest BCUT2D eigenvalue weighted by atomic mass is 10.00. The second-order valence-electron chi connectivity index (χ2n) is 5.15. The van der Waals surface area contributed by atoms with Gasteiger partial charge in [-0.1, -0.05) is 6.42 Å². The maximum Gasteiger partial charge on any atom is 0.126 e. The van der Waals surface area contributed by atoms with Crippen LogP contribution in [0.2, 0.25) is 0 Å². The highest BCUT2D eigenvalue weighted by Gasteiger charge is 2.24. The molecule has 100 valence electrons. The number of hydrazine groups is 1. The normalized spacial score (nSPS) is 25.3. The van der Waals surface area contributed by atoms with Gasteiger partial charge >= 0.3 is 0 Å². The van der Waals surface area contributed by atoms with E-state index in [1.54, 1.807) is 0 Å². The summed E-state index contributed by atoms with van der Waals surface area (Å²) in [5.74, 6) is -1.04. The van der Waals surface area contributed by atoms with Gasteiger partial charge in [-0.15, -0.1) is 0 Å². The fraction of sp³-hybridized carbons (Fsp3) is 0.571. The van der Waals surface area contributed by atoms with Gasteiger partial charge in [-0.25, -0.2) is 13.8 Å². The maximum atomic E-state index is 13.1. The van der Waals surface area contributed by atoms with Crippen molar-refractivity contribution in [1.82, 2.24) is 10.4 Å². The van der Waals surface area contributed by atoms with Crippen molar-refractivity contribution in [3.8, 4) is 0 Å². The van der Waals surface area contributed by atoms with Crippen LogP contribution in [-0.4, -0.2) is 17.1 Å². The highest BCUT2D eigenvalue weighted by molar-refractivity contribution is 5.17. The molecule has 1 aliphatic rings. The molecule has 1 aliphatic heterocycles. The molecule has 0 aromatic heterocycles. The van der Waals surface area contributed by atoms with Crippen LogP contribution in [0.3, 0.4) is 0 Å². The van der Waals surface area contributed by atoms with E-state index in [2.05, 4.69) is 24.3 Å². The van der Waals surface area contributed by atoms with Gasteiger partial charge in [-0.3, -0.25) is 5.43 Å². The SMILES string of the molecule is CC1CCCC(C)N1NCc1cc(F)cc(F)c1. The van der Waals surface area contributed by atoms with E-state index in [0.717, 1.165) is 18.9 Å². The smallest absolute Gasteiger partial charge is 0.126 e. The first-order chi connectivity index (χ1) is 8.56. The van der Waals surface area contributed by atoms with E-state index in [1.807, 2.05) is 0 Å². The predicted octanol–water partition coefficient (Wildman–Crippen LogP) is 3.23. The Kier molecular flexibility index (Phi) is 4.30. The van der Waals surface area contributed by atoms with Gasteiger partial charge in [0.2, 0.25) is 0 Å². The zero-order chi connectivity index (χ0) is 13.1. The molecule has 2 rings (SSSR count). The minimum absolute atomic E-state index is 0.462. The van der Waals surface area contributed by atoms with Crippen molar-refractivity contribution in [2.45, 2.75) is 51.7 Å². The summed E-state index contributed by atoms with van der Waals surface area (Å²) in [4.78, 5) is 0. The molecule has 4 heteroatoms. The molecular weight excluding hydrogens is 234 g/mol. The highest BCUT2D eigenvalue weighted by atomic mass is 19.1. The number of rotatable bonds is 3. The van der Waals surface area contributed by atoms with Gasteiger partial charge in [0, 0.05) is 24.7 Å². The quantitative estimate of drug-likeness (QED) is 0.891. The fourth-order valence-corrected chi connectivity index (χ4v) is 2.63. The molecule has 0 bridgehead atoms. The van der Waals surface area contributed by atoms with E-state index >= 15 is 0 Å². The van der Waals surface area contributed by atoms with Crippen molar-refractivity contribution >= 4 is 0 Å². The van der Waals surface area contributed by atoms with E-state index in [1.165, 1.54) is 18.6 Å². The van der Waals surface area contributed by atoms with E-state index in [0.29, 0.717) is 24.2 Å². The molecule has 2 unspecified atom stereocenters. The lowest BCUT2D eigenvalue weighted by molar-refractivity contribution is 0.0435. The lowest BCUT2D eigenvalue weighted by Crippen LogP contribution is -2.51. The van der Waals surface area contributed by atoms with Crippen LogP contribution in [0.4, 0.5) is 8.78 Å². The standard InChI is InChI=1S/C14H20F2N2/c1-10-4-3-5-11(2)18(10)17-9-12-6-13(15)8-14(16)7-12/h6-8,10-11,17H,3-5,9H2,1-2H3. The molecule has 2 nitrogen and oxygen atoms in total. The third-order valence-electron chi connectivity index (χ3n) is 3.58. The van der Waals surface area contributed by atoms with Crippen LogP contribution >= 0.6 is 0 Å². The van der Waals surface area contributed by atoms with Crippen LogP contribution in [0.15, 0.2) is 18.2 Å². The van der Waals surface area contributed by atoms with Crippen LogP contribution in [-0.2, 0) is 6.54 Å².